The van der Waals surface area contributed by atoms with Gasteiger partial charge in [0.15, 0.2) is 0 Å². The number of aryl methyl sites for hydroxylation is 1. The number of pyridine rings is 1. The van der Waals surface area contributed by atoms with Crippen LogP contribution in [0, 0.1) is 0 Å². The van der Waals surface area contributed by atoms with Gasteiger partial charge in [0, 0.05) is 18.7 Å². The van der Waals surface area contributed by atoms with Gasteiger partial charge in [-0.15, -0.1) is 10.2 Å². The van der Waals surface area contributed by atoms with E-state index in [0.717, 1.165) is 36.1 Å². The Balaban J connectivity index is 1.68. The summed E-state index contributed by atoms with van der Waals surface area (Å²) in [5.41, 5.74) is 1.91. The maximum atomic E-state index is 5.52. The topological polar surface area (TPSA) is 52.8 Å². The van der Waals surface area contributed by atoms with Crippen LogP contribution in [-0.4, -0.2) is 26.9 Å². The third-order valence-electron chi connectivity index (χ3n) is 5.38. The largest absolute Gasteiger partial charge is 0.496 e. The smallest absolute Gasteiger partial charge is 0.144 e. The molecule has 0 aliphatic heterocycles. The van der Waals surface area contributed by atoms with Gasteiger partial charge >= 0.3 is 0 Å². The fourth-order valence-electron chi connectivity index (χ4n) is 3.63. The van der Waals surface area contributed by atoms with E-state index in [-0.39, 0.29) is 5.41 Å². The SMILES string of the molecule is COc1ccccc1CCn1c(C2CC2)nnc1C(C)(C)c1ccccn1. The van der Waals surface area contributed by atoms with E-state index in [9.17, 15) is 0 Å². The second-order valence-electron chi connectivity index (χ2n) is 7.71. The zero-order valence-electron chi connectivity index (χ0n) is 16.2. The molecule has 1 aliphatic carbocycles. The van der Waals surface area contributed by atoms with Crippen LogP contribution in [0.15, 0.2) is 48.7 Å². The maximum absolute atomic E-state index is 5.52. The summed E-state index contributed by atoms with van der Waals surface area (Å²) < 4.78 is 7.84. The van der Waals surface area contributed by atoms with Gasteiger partial charge in [0.1, 0.15) is 17.4 Å². The Kier molecular flexibility index (Phi) is 4.68. The van der Waals surface area contributed by atoms with Crippen LogP contribution < -0.4 is 4.74 Å². The molecule has 5 nitrogen and oxygen atoms in total. The van der Waals surface area contributed by atoms with Crippen molar-refractivity contribution in [1.82, 2.24) is 19.7 Å². The molecule has 0 spiro atoms. The Morgan fingerprint density at radius 1 is 1.07 bits per heavy atom. The molecular weight excluding hydrogens is 336 g/mol. The van der Waals surface area contributed by atoms with Crippen molar-refractivity contribution in [3.63, 3.8) is 0 Å². The van der Waals surface area contributed by atoms with E-state index in [1.54, 1.807) is 7.11 Å². The van der Waals surface area contributed by atoms with Gasteiger partial charge in [-0.25, -0.2) is 0 Å². The molecule has 0 saturated heterocycles. The molecule has 5 heteroatoms. The molecule has 0 radical (unpaired) electrons. The van der Waals surface area contributed by atoms with Crippen molar-refractivity contribution in [1.29, 1.82) is 0 Å². The molecule has 0 amide bonds. The van der Waals surface area contributed by atoms with Crippen LogP contribution in [-0.2, 0) is 18.4 Å². The van der Waals surface area contributed by atoms with E-state index < -0.39 is 0 Å². The van der Waals surface area contributed by atoms with Crippen LogP contribution in [0.1, 0.15) is 55.5 Å². The number of benzene rings is 1. The van der Waals surface area contributed by atoms with Crippen LogP contribution in [0.4, 0.5) is 0 Å². The standard InChI is InChI=1S/C22H26N4O/c1-22(2,19-10-6-7-14-23-19)21-25-24-20(17-11-12-17)26(21)15-13-16-8-4-5-9-18(16)27-3/h4-10,14,17H,11-13,15H2,1-3H3. The van der Waals surface area contributed by atoms with Gasteiger partial charge in [0.25, 0.3) is 0 Å². The third kappa shape index (κ3) is 3.46. The van der Waals surface area contributed by atoms with Crippen LogP contribution in [0.25, 0.3) is 0 Å². The minimum absolute atomic E-state index is 0.303. The number of para-hydroxylation sites is 1. The van der Waals surface area contributed by atoms with Crippen molar-refractivity contribution in [3.05, 3.63) is 71.6 Å². The van der Waals surface area contributed by atoms with E-state index in [1.807, 2.05) is 30.5 Å². The lowest BCUT2D eigenvalue weighted by Crippen LogP contribution is -2.26. The van der Waals surface area contributed by atoms with E-state index in [4.69, 9.17) is 4.74 Å². The summed E-state index contributed by atoms with van der Waals surface area (Å²) >= 11 is 0. The fourth-order valence-corrected chi connectivity index (χ4v) is 3.63. The van der Waals surface area contributed by atoms with Gasteiger partial charge in [-0.2, -0.15) is 0 Å². The molecule has 0 bridgehead atoms. The zero-order chi connectivity index (χ0) is 18.9. The molecule has 1 saturated carbocycles. The molecule has 4 rings (SSSR count). The molecule has 0 N–H and O–H groups in total. The first-order chi connectivity index (χ1) is 13.1. The molecule has 1 fully saturated rings. The minimum Gasteiger partial charge on any atom is -0.496 e. The predicted molar refractivity (Wildman–Crippen MR) is 105 cm³/mol. The summed E-state index contributed by atoms with van der Waals surface area (Å²) in [4.78, 5) is 4.58. The lowest BCUT2D eigenvalue weighted by Gasteiger charge is -2.24. The minimum atomic E-state index is -0.303. The number of ether oxygens (including phenoxy) is 1. The fraction of sp³-hybridized carbons (Fsp3) is 0.409. The van der Waals surface area contributed by atoms with Crippen molar-refractivity contribution in [2.24, 2.45) is 0 Å². The Morgan fingerprint density at radius 3 is 2.56 bits per heavy atom. The predicted octanol–water partition coefficient (Wildman–Crippen LogP) is 4.13. The summed E-state index contributed by atoms with van der Waals surface area (Å²) in [5, 5.41) is 9.20. The normalized spacial score (nSPS) is 14.3. The summed E-state index contributed by atoms with van der Waals surface area (Å²) in [6.45, 7) is 5.19. The van der Waals surface area contributed by atoms with E-state index in [1.165, 1.54) is 18.4 Å². The van der Waals surface area contributed by atoms with Crippen molar-refractivity contribution >= 4 is 0 Å². The van der Waals surface area contributed by atoms with E-state index in [2.05, 4.69) is 51.8 Å². The molecule has 140 valence electrons. The van der Waals surface area contributed by atoms with Gasteiger partial charge in [-0.05, 0) is 56.9 Å². The number of hydrogen-bond donors (Lipinski definition) is 0. The van der Waals surface area contributed by atoms with Gasteiger partial charge in [-0.1, -0.05) is 24.3 Å². The second-order valence-corrected chi connectivity index (χ2v) is 7.71. The van der Waals surface area contributed by atoms with E-state index >= 15 is 0 Å². The lowest BCUT2D eigenvalue weighted by atomic mass is 9.87. The summed E-state index contributed by atoms with van der Waals surface area (Å²) in [7, 11) is 1.73. The van der Waals surface area contributed by atoms with Crippen molar-refractivity contribution in [3.8, 4) is 5.75 Å². The average molecular weight is 362 g/mol. The Bertz CT molecular complexity index is 913. The first-order valence-corrected chi connectivity index (χ1v) is 9.58. The van der Waals surface area contributed by atoms with Gasteiger partial charge in [-0.3, -0.25) is 4.98 Å². The first kappa shape index (κ1) is 17.7. The number of rotatable bonds is 7. The second kappa shape index (κ2) is 7.14. The Labute approximate surface area is 160 Å². The van der Waals surface area contributed by atoms with Crippen LogP contribution >= 0.6 is 0 Å². The van der Waals surface area contributed by atoms with Crippen LogP contribution in [0.2, 0.25) is 0 Å². The Hall–Kier alpha value is -2.69. The number of aromatic nitrogens is 4. The van der Waals surface area contributed by atoms with Crippen LogP contribution in [0.3, 0.4) is 0 Å². The molecule has 2 heterocycles. The van der Waals surface area contributed by atoms with Crippen molar-refractivity contribution in [2.45, 2.75) is 51.0 Å². The van der Waals surface area contributed by atoms with E-state index in [0.29, 0.717) is 5.92 Å². The monoisotopic (exact) mass is 362 g/mol. The molecule has 0 atom stereocenters. The molecule has 27 heavy (non-hydrogen) atoms. The summed E-state index contributed by atoms with van der Waals surface area (Å²) in [6.07, 6.45) is 5.13. The molecule has 2 aromatic heterocycles. The number of methoxy groups -OCH3 is 1. The average Bonchev–Trinajstić information content (AvgIpc) is 3.46. The molecule has 0 unspecified atom stereocenters. The molecule has 3 aromatic rings. The molecule has 1 aromatic carbocycles. The maximum Gasteiger partial charge on any atom is 0.144 e. The number of nitrogens with zero attached hydrogens (tertiary/aromatic N) is 4. The van der Waals surface area contributed by atoms with Crippen molar-refractivity contribution < 1.29 is 4.74 Å². The summed E-state index contributed by atoms with van der Waals surface area (Å²) in [5.74, 6) is 3.58. The highest BCUT2D eigenvalue weighted by Crippen LogP contribution is 2.41. The van der Waals surface area contributed by atoms with Crippen molar-refractivity contribution in [2.75, 3.05) is 7.11 Å². The highest BCUT2D eigenvalue weighted by Gasteiger charge is 2.36. The molecular formula is C22H26N4O. The Morgan fingerprint density at radius 2 is 1.85 bits per heavy atom. The molecule has 1 aliphatic rings. The van der Waals surface area contributed by atoms with Gasteiger partial charge in [0.2, 0.25) is 0 Å². The quantitative estimate of drug-likeness (QED) is 0.634. The summed E-state index contributed by atoms with van der Waals surface area (Å²) in [6, 6.07) is 14.3. The zero-order valence-corrected chi connectivity index (χ0v) is 16.2. The van der Waals surface area contributed by atoms with Crippen LogP contribution in [0.5, 0.6) is 5.75 Å². The van der Waals surface area contributed by atoms with Gasteiger partial charge in [0.05, 0.1) is 18.2 Å². The third-order valence-corrected chi connectivity index (χ3v) is 5.38. The highest BCUT2D eigenvalue weighted by molar-refractivity contribution is 5.33. The lowest BCUT2D eigenvalue weighted by molar-refractivity contribution is 0.407. The number of hydrogen-bond acceptors (Lipinski definition) is 4. The van der Waals surface area contributed by atoms with Gasteiger partial charge < -0.3 is 9.30 Å². The first-order valence-electron chi connectivity index (χ1n) is 9.58. The highest BCUT2D eigenvalue weighted by atomic mass is 16.5.